The smallest absolute Gasteiger partial charge is 0.341 e. The summed E-state index contributed by atoms with van der Waals surface area (Å²) in [6.45, 7) is 3.80. The molecule has 0 saturated carbocycles. The lowest BCUT2D eigenvalue weighted by Gasteiger charge is -2.23. The van der Waals surface area contributed by atoms with Crippen LogP contribution in [0.4, 0.5) is 0 Å². The molecule has 0 aliphatic carbocycles. The molecule has 2 rings (SSSR count). The molecule has 2 aliphatic heterocycles. The molecule has 0 aromatic heterocycles. The highest BCUT2D eigenvalue weighted by atomic mass is 16.5. The monoisotopic (exact) mass is 279 g/mol. The van der Waals surface area contributed by atoms with E-state index in [0.717, 1.165) is 0 Å². The van der Waals surface area contributed by atoms with Gasteiger partial charge in [-0.3, -0.25) is 4.79 Å². The number of aliphatic hydroxyl groups is 1. The van der Waals surface area contributed by atoms with Gasteiger partial charge in [-0.05, 0) is 5.92 Å². The molecule has 2 aliphatic rings. The summed E-state index contributed by atoms with van der Waals surface area (Å²) in [5.41, 5.74) is 0.396. The molecule has 20 heavy (non-hydrogen) atoms. The van der Waals surface area contributed by atoms with Crippen LogP contribution in [0.3, 0.4) is 0 Å². The van der Waals surface area contributed by atoms with Crippen LogP contribution in [0.2, 0.25) is 0 Å². The molecule has 0 aromatic carbocycles. The highest BCUT2D eigenvalue weighted by molar-refractivity contribution is 5.95. The lowest BCUT2D eigenvalue weighted by atomic mass is 10.0. The minimum Gasteiger partial charge on any atom is -0.465 e. The number of fused-ring (bicyclic) bond motifs is 1. The maximum atomic E-state index is 11.8. The number of aromatic amines is 1. The summed E-state index contributed by atoms with van der Waals surface area (Å²) in [6.07, 6.45) is 3.14. The van der Waals surface area contributed by atoms with Crippen molar-refractivity contribution >= 4 is 5.97 Å². The Balaban J connectivity index is 2.67. The van der Waals surface area contributed by atoms with Crippen molar-refractivity contribution in [3.63, 3.8) is 0 Å². The van der Waals surface area contributed by atoms with Crippen molar-refractivity contribution in [3.05, 3.63) is 28.3 Å². The van der Waals surface area contributed by atoms with Gasteiger partial charge in [-0.1, -0.05) is 13.8 Å². The number of ether oxygens (including phenoxy) is 1. The largest absolute Gasteiger partial charge is 0.465 e. The summed E-state index contributed by atoms with van der Waals surface area (Å²) in [4.78, 5) is 23.5. The Morgan fingerprint density at radius 2 is 2.20 bits per heavy atom. The highest BCUT2D eigenvalue weighted by Crippen LogP contribution is 2.25. The number of carbonyl (C=O) groups excluding carboxylic acids is 1. The summed E-state index contributed by atoms with van der Waals surface area (Å²) in [7, 11) is 1.27. The van der Waals surface area contributed by atoms with Gasteiger partial charge in [0.2, 0.25) is 0 Å². The van der Waals surface area contributed by atoms with E-state index < -0.39 is 5.97 Å². The van der Waals surface area contributed by atoms with E-state index in [1.54, 1.807) is 17.0 Å². The molecule has 2 heterocycles. The first-order chi connectivity index (χ1) is 9.49. The van der Waals surface area contributed by atoms with E-state index in [4.69, 9.17) is 4.74 Å². The van der Waals surface area contributed by atoms with Crippen molar-refractivity contribution < 1.29 is 14.6 Å². The first-order valence-corrected chi connectivity index (χ1v) is 6.28. The Hall–Kier alpha value is -2.15. The van der Waals surface area contributed by atoms with Crippen molar-refractivity contribution in [1.29, 1.82) is 0 Å². The minimum absolute atomic E-state index is 0.0967. The van der Waals surface area contributed by atoms with Crippen LogP contribution in [-0.2, 0) is 4.74 Å². The summed E-state index contributed by atoms with van der Waals surface area (Å²) < 4.78 is 6.37. The van der Waals surface area contributed by atoms with Crippen LogP contribution in [0.5, 0.6) is 0 Å². The topological polar surface area (TPSA) is 97.2 Å². The second-order valence-corrected chi connectivity index (χ2v) is 4.92. The van der Waals surface area contributed by atoms with Crippen LogP contribution in [0.1, 0.15) is 30.2 Å². The van der Waals surface area contributed by atoms with Gasteiger partial charge in [-0.25, -0.2) is 9.89 Å². The Morgan fingerprint density at radius 1 is 1.50 bits per heavy atom. The maximum Gasteiger partial charge on any atom is 0.341 e. The summed E-state index contributed by atoms with van der Waals surface area (Å²) >= 11 is 0. The predicted molar refractivity (Wildman–Crippen MR) is 71.8 cm³/mol. The van der Waals surface area contributed by atoms with Crippen molar-refractivity contribution in [2.24, 2.45) is 5.92 Å². The normalized spacial score (nSPS) is 12.8. The molecule has 7 heteroatoms. The molecule has 0 bridgehead atoms. The van der Waals surface area contributed by atoms with Crippen LogP contribution >= 0.6 is 0 Å². The molecule has 7 nitrogen and oxygen atoms in total. The first-order valence-electron chi connectivity index (χ1n) is 6.28. The van der Waals surface area contributed by atoms with Gasteiger partial charge in [-0.2, -0.15) is 5.10 Å². The lowest BCUT2D eigenvalue weighted by Crippen LogP contribution is -2.22. The number of H-pyrrole nitrogens is 1. The fourth-order valence-corrected chi connectivity index (χ4v) is 2.16. The van der Waals surface area contributed by atoms with Crippen molar-refractivity contribution in [2.45, 2.75) is 19.9 Å². The quantitative estimate of drug-likeness (QED) is 0.801. The third kappa shape index (κ3) is 2.32. The molecular formula is C13H17N3O4. The molecule has 1 atom stereocenters. The number of nitrogens with zero attached hydrogens (tertiary/aromatic N) is 2. The highest BCUT2D eigenvalue weighted by Gasteiger charge is 2.24. The first kappa shape index (κ1) is 14.3. The number of hydrogen-bond acceptors (Lipinski definition) is 5. The SMILES string of the molecule is COC(=O)c1cn(C(CO)C(C)C)cc2c(=O)[nH]nc1-2. The van der Waals surface area contributed by atoms with Gasteiger partial charge in [0, 0.05) is 12.4 Å². The Labute approximate surface area is 115 Å². The molecule has 0 saturated heterocycles. The van der Waals surface area contributed by atoms with E-state index in [-0.39, 0.29) is 35.4 Å². The fourth-order valence-electron chi connectivity index (χ4n) is 2.16. The molecule has 108 valence electrons. The zero-order valence-corrected chi connectivity index (χ0v) is 11.6. The van der Waals surface area contributed by atoms with Gasteiger partial charge in [0.25, 0.3) is 5.56 Å². The Bertz CT molecular complexity index is 644. The van der Waals surface area contributed by atoms with Crippen molar-refractivity contribution in [3.8, 4) is 11.3 Å². The number of aromatic nitrogens is 3. The van der Waals surface area contributed by atoms with Crippen molar-refractivity contribution in [2.75, 3.05) is 13.7 Å². The average molecular weight is 279 g/mol. The van der Waals surface area contributed by atoms with Gasteiger partial charge >= 0.3 is 5.97 Å². The second kappa shape index (κ2) is 5.46. The van der Waals surface area contributed by atoms with Gasteiger partial charge in [-0.15, -0.1) is 0 Å². The fraction of sp³-hybridized carbons (Fsp3) is 0.462. The molecule has 0 amide bonds. The second-order valence-electron chi connectivity index (χ2n) is 4.92. The zero-order chi connectivity index (χ0) is 14.9. The molecule has 0 fully saturated rings. The average Bonchev–Trinajstić information content (AvgIpc) is 2.79. The van der Waals surface area contributed by atoms with E-state index in [1.165, 1.54) is 7.11 Å². The van der Waals surface area contributed by atoms with Crippen LogP contribution in [0, 0.1) is 5.92 Å². The van der Waals surface area contributed by atoms with Crippen LogP contribution in [-0.4, -0.2) is 39.6 Å². The van der Waals surface area contributed by atoms with E-state index in [1.807, 2.05) is 13.8 Å². The number of methoxy groups -OCH3 is 1. The predicted octanol–water partition coefficient (Wildman–Crippen LogP) is 0.652. The van der Waals surface area contributed by atoms with Crippen LogP contribution in [0.15, 0.2) is 17.2 Å². The van der Waals surface area contributed by atoms with Crippen LogP contribution in [0.25, 0.3) is 11.3 Å². The summed E-state index contributed by atoms with van der Waals surface area (Å²) in [5.74, 6) is -0.439. The summed E-state index contributed by atoms with van der Waals surface area (Å²) in [6, 6.07) is -0.239. The number of aliphatic hydroxyl groups excluding tert-OH is 1. The number of nitrogens with one attached hydrogen (secondary N) is 1. The molecule has 0 radical (unpaired) electrons. The van der Waals surface area contributed by atoms with E-state index in [0.29, 0.717) is 5.56 Å². The number of carbonyl (C=O) groups is 1. The molecule has 0 spiro atoms. The minimum atomic E-state index is -0.573. The summed E-state index contributed by atoms with van der Waals surface area (Å²) in [5, 5.41) is 15.7. The lowest BCUT2D eigenvalue weighted by molar-refractivity contribution is 0.0599. The third-order valence-electron chi connectivity index (χ3n) is 3.33. The van der Waals surface area contributed by atoms with Gasteiger partial charge in [0.05, 0.1) is 25.3 Å². The van der Waals surface area contributed by atoms with Crippen molar-refractivity contribution in [1.82, 2.24) is 14.8 Å². The Morgan fingerprint density at radius 3 is 2.75 bits per heavy atom. The van der Waals surface area contributed by atoms with E-state index >= 15 is 0 Å². The Kier molecular flexibility index (Phi) is 3.89. The number of pyridine rings is 1. The number of hydrogen-bond donors (Lipinski definition) is 2. The number of rotatable bonds is 4. The molecule has 0 aromatic rings. The molecule has 2 N–H and O–H groups in total. The van der Waals surface area contributed by atoms with Gasteiger partial charge in [0.1, 0.15) is 11.3 Å². The number of esters is 1. The molecule has 1 unspecified atom stereocenters. The van der Waals surface area contributed by atoms with Crippen LogP contribution < -0.4 is 5.56 Å². The standard InChI is InChI=1S/C13H17N3O4/c1-7(2)10(6-17)16-4-8-11(14-15-12(8)18)9(5-16)13(19)20-3/h4-5,7,10,17H,6H2,1-3H3,(H,15,18). The van der Waals surface area contributed by atoms with E-state index in [9.17, 15) is 14.7 Å². The van der Waals surface area contributed by atoms with E-state index in [2.05, 4.69) is 10.2 Å². The maximum absolute atomic E-state index is 11.8. The van der Waals surface area contributed by atoms with Gasteiger partial charge < -0.3 is 14.4 Å². The van der Waals surface area contributed by atoms with Gasteiger partial charge in [0.15, 0.2) is 0 Å². The molecular weight excluding hydrogens is 262 g/mol. The zero-order valence-electron chi connectivity index (χ0n) is 11.6. The third-order valence-corrected chi connectivity index (χ3v) is 3.33.